The fourth-order valence-corrected chi connectivity index (χ4v) is 2.79. The summed E-state index contributed by atoms with van der Waals surface area (Å²) < 4.78 is 5.68. The van der Waals surface area contributed by atoms with Crippen molar-refractivity contribution in [1.82, 2.24) is 19.8 Å². The van der Waals surface area contributed by atoms with Gasteiger partial charge < -0.3 is 9.64 Å². The fourth-order valence-electron chi connectivity index (χ4n) is 2.79. The maximum absolute atomic E-state index is 12.3. The number of hydrogen-bond acceptors (Lipinski definition) is 6. The van der Waals surface area contributed by atoms with E-state index in [0.29, 0.717) is 13.1 Å². The minimum Gasteiger partial charge on any atom is -0.458 e. The highest BCUT2D eigenvalue weighted by Gasteiger charge is 2.33. The van der Waals surface area contributed by atoms with E-state index >= 15 is 0 Å². The van der Waals surface area contributed by atoms with Gasteiger partial charge in [-0.25, -0.2) is 9.97 Å². The lowest BCUT2D eigenvalue weighted by Gasteiger charge is -2.33. The first kappa shape index (κ1) is 15.4. The van der Waals surface area contributed by atoms with Crippen LogP contribution in [0.15, 0.2) is 18.5 Å². The number of nitrogens with zero attached hydrogens (tertiary/aromatic N) is 4. The van der Waals surface area contributed by atoms with Crippen LogP contribution in [0, 0.1) is 0 Å². The zero-order valence-corrected chi connectivity index (χ0v) is 12.7. The average Bonchev–Trinajstić information content (AvgIpc) is 2.88. The highest BCUT2D eigenvalue weighted by atomic mass is 16.5. The molecule has 3 heterocycles. The van der Waals surface area contributed by atoms with Crippen molar-refractivity contribution in [2.45, 2.75) is 31.8 Å². The summed E-state index contributed by atoms with van der Waals surface area (Å²) in [6.45, 7) is 0.837. The molecule has 2 fully saturated rings. The first-order valence-electron chi connectivity index (χ1n) is 7.68. The molecule has 0 radical (unpaired) electrons. The molecule has 0 unspecified atom stereocenters. The molecular formula is C15H18N4O4. The van der Waals surface area contributed by atoms with Crippen molar-refractivity contribution >= 4 is 17.7 Å². The lowest BCUT2D eigenvalue weighted by Crippen LogP contribution is -2.49. The number of imide groups is 1. The molecule has 1 atom stereocenters. The van der Waals surface area contributed by atoms with E-state index in [0.717, 1.165) is 17.7 Å². The van der Waals surface area contributed by atoms with E-state index in [9.17, 15) is 14.4 Å². The first-order chi connectivity index (χ1) is 11.1. The molecule has 3 amide bonds. The van der Waals surface area contributed by atoms with Gasteiger partial charge in [0.25, 0.3) is 0 Å². The van der Waals surface area contributed by atoms with Crippen molar-refractivity contribution in [3.05, 3.63) is 18.5 Å². The van der Waals surface area contributed by atoms with Gasteiger partial charge in [0.2, 0.25) is 17.7 Å². The van der Waals surface area contributed by atoms with Gasteiger partial charge in [-0.3, -0.25) is 19.3 Å². The first-order valence-corrected chi connectivity index (χ1v) is 7.68. The Morgan fingerprint density at radius 1 is 1.22 bits per heavy atom. The molecule has 23 heavy (non-hydrogen) atoms. The smallest absolute Gasteiger partial charge is 0.316 e. The molecule has 0 spiro atoms. The maximum atomic E-state index is 12.3. The number of carbonyl (C=O) groups is 3. The van der Waals surface area contributed by atoms with Crippen LogP contribution >= 0.6 is 0 Å². The molecule has 0 aliphatic carbocycles. The van der Waals surface area contributed by atoms with Crippen LogP contribution in [0.4, 0.5) is 0 Å². The average molecular weight is 318 g/mol. The number of hydrogen-bond donors (Lipinski definition) is 0. The molecule has 122 valence electrons. The van der Waals surface area contributed by atoms with Gasteiger partial charge in [0.15, 0.2) is 0 Å². The summed E-state index contributed by atoms with van der Waals surface area (Å²) >= 11 is 0. The van der Waals surface area contributed by atoms with E-state index in [1.165, 1.54) is 0 Å². The SMILES string of the molecule is O=C(CN1C(=O)CCC1=O)N1CCC[C@H](Oc2ncccn2)C1. The Bertz CT molecular complexity index is 591. The van der Waals surface area contributed by atoms with Crippen molar-refractivity contribution in [3.8, 4) is 6.01 Å². The van der Waals surface area contributed by atoms with Crippen LogP contribution in [0.25, 0.3) is 0 Å². The van der Waals surface area contributed by atoms with Gasteiger partial charge in [-0.05, 0) is 18.9 Å². The monoisotopic (exact) mass is 318 g/mol. The Labute approximate surface area is 133 Å². The third kappa shape index (κ3) is 3.64. The van der Waals surface area contributed by atoms with Crippen molar-refractivity contribution in [2.75, 3.05) is 19.6 Å². The quantitative estimate of drug-likeness (QED) is 0.725. The van der Waals surface area contributed by atoms with Gasteiger partial charge in [0, 0.05) is 31.8 Å². The molecule has 2 saturated heterocycles. The number of amides is 3. The van der Waals surface area contributed by atoms with E-state index in [-0.39, 0.29) is 49.2 Å². The Morgan fingerprint density at radius 2 is 1.91 bits per heavy atom. The van der Waals surface area contributed by atoms with Gasteiger partial charge in [-0.2, -0.15) is 0 Å². The number of likely N-dealkylation sites (tertiary alicyclic amines) is 2. The second-order valence-corrected chi connectivity index (χ2v) is 5.63. The Kier molecular flexibility index (Phi) is 4.50. The molecular weight excluding hydrogens is 300 g/mol. The molecule has 3 rings (SSSR count). The Morgan fingerprint density at radius 3 is 2.61 bits per heavy atom. The Hall–Kier alpha value is -2.51. The number of ether oxygens (including phenoxy) is 1. The van der Waals surface area contributed by atoms with Crippen LogP contribution in [0.3, 0.4) is 0 Å². The summed E-state index contributed by atoms with van der Waals surface area (Å²) in [4.78, 5) is 46.2. The van der Waals surface area contributed by atoms with Crippen LogP contribution in [0.5, 0.6) is 6.01 Å². The van der Waals surface area contributed by atoms with Gasteiger partial charge in [-0.1, -0.05) is 0 Å². The molecule has 2 aliphatic rings. The van der Waals surface area contributed by atoms with E-state index < -0.39 is 0 Å². The molecule has 0 bridgehead atoms. The van der Waals surface area contributed by atoms with Gasteiger partial charge >= 0.3 is 6.01 Å². The van der Waals surface area contributed by atoms with Crippen molar-refractivity contribution in [2.24, 2.45) is 0 Å². The third-order valence-electron chi connectivity index (χ3n) is 3.99. The van der Waals surface area contributed by atoms with Crippen molar-refractivity contribution < 1.29 is 19.1 Å². The number of rotatable bonds is 4. The summed E-state index contributed by atoms with van der Waals surface area (Å²) in [6.07, 6.45) is 5.01. The molecule has 0 saturated carbocycles. The van der Waals surface area contributed by atoms with Crippen LogP contribution in [-0.4, -0.2) is 63.2 Å². The van der Waals surface area contributed by atoms with Crippen LogP contribution in [0.1, 0.15) is 25.7 Å². The van der Waals surface area contributed by atoms with Gasteiger partial charge in [-0.15, -0.1) is 0 Å². The highest BCUT2D eigenvalue weighted by Crippen LogP contribution is 2.17. The molecule has 1 aromatic heterocycles. The largest absolute Gasteiger partial charge is 0.458 e. The summed E-state index contributed by atoms with van der Waals surface area (Å²) in [7, 11) is 0. The second kappa shape index (κ2) is 6.72. The van der Waals surface area contributed by atoms with E-state index in [1.807, 2.05) is 0 Å². The third-order valence-corrected chi connectivity index (χ3v) is 3.99. The minimum absolute atomic E-state index is 0.174. The van der Waals surface area contributed by atoms with Gasteiger partial charge in [0.1, 0.15) is 12.6 Å². The maximum Gasteiger partial charge on any atom is 0.316 e. The summed E-state index contributed by atoms with van der Waals surface area (Å²) in [6, 6.07) is 1.99. The summed E-state index contributed by atoms with van der Waals surface area (Å²) in [5.41, 5.74) is 0. The lowest BCUT2D eigenvalue weighted by atomic mass is 10.1. The second-order valence-electron chi connectivity index (χ2n) is 5.63. The molecule has 0 aromatic carbocycles. The van der Waals surface area contributed by atoms with Crippen LogP contribution in [0.2, 0.25) is 0 Å². The predicted octanol–water partition coefficient (Wildman–Crippen LogP) is -0.00460. The topological polar surface area (TPSA) is 92.7 Å². The molecule has 2 aliphatic heterocycles. The van der Waals surface area contributed by atoms with Crippen LogP contribution in [-0.2, 0) is 14.4 Å². The van der Waals surface area contributed by atoms with Crippen molar-refractivity contribution in [1.29, 1.82) is 0 Å². The molecule has 8 heteroatoms. The number of piperidine rings is 1. The normalized spacial score (nSPS) is 21.7. The summed E-state index contributed by atoms with van der Waals surface area (Å²) in [5.74, 6) is -0.771. The van der Waals surface area contributed by atoms with E-state index in [2.05, 4.69) is 9.97 Å². The minimum atomic E-state index is -0.272. The standard InChI is InChI=1S/C15H18N4O4/c20-12-4-5-13(21)19(12)10-14(22)18-8-1-3-11(9-18)23-15-16-6-2-7-17-15/h2,6-7,11H,1,3-5,8-10H2/t11-/m0/s1. The van der Waals surface area contributed by atoms with Crippen molar-refractivity contribution in [3.63, 3.8) is 0 Å². The number of aromatic nitrogens is 2. The highest BCUT2D eigenvalue weighted by molar-refractivity contribution is 6.04. The predicted molar refractivity (Wildman–Crippen MR) is 78.2 cm³/mol. The number of carbonyl (C=O) groups excluding carboxylic acids is 3. The van der Waals surface area contributed by atoms with Gasteiger partial charge in [0.05, 0.1) is 6.54 Å². The van der Waals surface area contributed by atoms with E-state index in [1.54, 1.807) is 23.4 Å². The zero-order valence-electron chi connectivity index (χ0n) is 12.7. The molecule has 8 nitrogen and oxygen atoms in total. The zero-order chi connectivity index (χ0) is 16.2. The molecule has 1 aromatic rings. The summed E-state index contributed by atoms with van der Waals surface area (Å²) in [5, 5.41) is 0. The molecule has 0 N–H and O–H groups in total. The Balaban J connectivity index is 1.56. The van der Waals surface area contributed by atoms with E-state index in [4.69, 9.17) is 4.74 Å². The lowest BCUT2D eigenvalue weighted by molar-refractivity contribution is -0.146. The fraction of sp³-hybridized carbons (Fsp3) is 0.533. The van der Waals surface area contributed by atoms with Crippen LogP contribution < -0.4 is 4.74 Å².